The molecule has 2 aromatic heterocycles. The number of carbonyl (C=O) groups is 2. The third-order valence-electron chi connectivity index (χ3n) is 7.61. The summed E-state index contributed by atoms with van der Waals surface area (Å²) in [4.78, 5) is 30.3. The Labute approximate surface area is 191 Å². The van der Waals surface area contributed by atoms with E-state index in [0.717, 1.165) is 17.0 Å². The number of nitrogens with one attached hydrogen (secondary N) is 2. The zero-order valence-electron chi connectivity index (χ0n) is 18.7. The summed E-state index contributed by atoms with van der Waals surface area (Å²) < 4.78 is 5.31. The van der Waals surface area contributed by atoms with Crippen LogP contribution in [-0.2, 0) is 22.6 Å². The van der Waals surface area contributed by atoms with Gasteiger partial charge in [0.2, 0.25) is 11.8 Å². The molecule has 32 heavy (non-hydrogen) atoms. The van der Waals surface area contributed by atoms with Crippen LogP contribution < -0.4 is 10.6 Å². The number of rotatable bonds is 6. The van der Waals surface area contributed by atoms with E-state index in [0.29, 0.717) is 30.3 Å². The van der Waals surface area contributed by atoms with Gasteiger partial charge in [-0.05, 0) is 42.7 Å². The SMILES string of the molecule is CC(=O)Nc1nc2c(s1)C[C@H]1[C@](C)(CO)[C@H](O)CC[C@@]1(C)[C@@H]2CC(=O)NCc1ccco1. The van der Waals surface area contributed by atoms with Crippen LogP contribution in [0.4, 0.5) is 5.13 Å². The number of nitrogens with zero attached hydrogens (tertiary/aromatic N) is 1. The molecule has 2 heterocycles. The van der Waals surface area contributed by atoms with Crippen LogP contribution in [-0.4, -0.2) is 39.7 Å². The van der Waals surface area contributed by atoms with Crippen molar-refractivity contribution in [2.75, 3.05) is 11.9 Å². The van der Waals surface area contributed by atoms with Gasteiger partial charge in [-0.25, -0.2) is 4.98 Å². The van der Waals surface area contributed by atoms with E-state index in [1.807, 2.05) is 13.0 Å². The molecule has 2 aromatic rings. The lowest BCUT2D eigenvalue weighted by Gasteiger charge is -2.58. The van der Waals surface area contributed by atoms with E-state index in [4.69, 9.17) is 9.40 Å². The largest absolute Gasteiger partial charge is 0.467 e. The third-order valence-corrected chi connectivity index (χ3v) is 8.61. The molecule has 1 saturated carbocycles. The Balaban J connectivity index is 1.67. The lowest BCUT2D eigenvalue weighted by molar-refractivity contribution is -0.144. The van der Waals surface area contributed by atoms with Gasteiger partial charge >= 0.3 is 0 Å². The van der Waals surface area contributed by atoms with E-state index >= 15 is 0 Å². The number of aromatic nitrogens is 1. The van der Waals surface area contributed by atoms with E-state index in [1.54, 1.807) is 12.3 Å². The van der Waals surface area contributed by atoms with Gasteiger partial charge in [0.1, 0.15) is 5.76 Å². The summed E-state index contributed by atoms with van der Waals surface area (Å²) in [6, 6.07) is 3.59. The van der Waals surface area contributed by atoms with Crippen LogP contribution in [0.25, 0.3) is 0 Å². The number of aliphatic hydroxyl groups excluding tert-OH is 2. The van der Waals surface area contributed by atoms with Crippen LogP contribution in [0, 0.1) is 16.7 Å². The molecular formula is C23H31N3O5S. The van der Waals surface area contributed by atoms with Crippen LogP contribution in [0.15, 0.2) is 22.8 Å². The first-order chi connectivity index (χ1) is 15.2. The minimum absolute atomic E-state index is 0.0234. The molecule has 8 nitrogen and oxygen atoms in total. The minimum atomic E-state index is -0.675. The molecule has 4 rings (SSSR count). The van der Waals surface area contributed by atoms with Gasteiger partial charge in [-0.1, -0.05) is 13.8 Å². The Hall–Kier alpha value is -2.23. The highest BCUT2D eigenvalue weighted by Crippen LogP contribution is 2.62. The summed E-state index contributed by atoms with van der Waals surface area (Å²) >= 11 is 1.42. The zero-order chi connectivity index (χ0) is 23.1. The van der Waals surface area contributed by atoms with Gasteiger partial charge < -0.3 is 25.3 Å². The summed E-state index contributed by atoms with van der Waals surface area (Å²) in [7, 11) is 0. The molecule has 0 spiro atoms. The first-order valence-electron chi connectivity index (χ1n) is 11.0. The van der Waals surface area contributed by atoms with E-state index in [2.05, 4.69) is 17.6 Å². The fraction of sp³-hybridized carbons (Fsp3) is 0.609. The van der Waals surface area contributed by atoms with Crippen molar-refractivity contribution in [2.24, 2.45) is 16.7 Å². The molecule has 2 amide bonds. The average Bonchev–Trinajstić information content (AvgIpc) is 3.40. The molecule has 5 atom stereocenters. The highest BCUT2D eigenvalue weighted by Gasteiger charge is 2.59. The highest BCUT2D eigenvalue weighted by atomic mass is 32.1. The smallest absolute Gasteiger partial charge is 0.223 e. The molecule has 4 N–H and O–H groups in total. The lowest BCUT2D eigenvalue weighted by atomic mass is 9.47. The van der Waals surface area contributed by atoms with Gasteiger partial charge in [0, 0.05) is 29.6 Å². The highest BCUT2D eigenvalue weighted by molar-refractivity contribution is 7.15. The fourth-order valence-corrected chi connectivity index (χ4v) is 6.82. The number of aliphatic hydroxyl groups is 2. The standard InChI is InChI=1S/C23H31N3O5S/c1-13(28)25-21-26-20-15(9-19(30)24-11-14-5-4-8-31-14)22(2)7-6-18(29)23(3,12-27)17(22)10-16(20)32-21/h4-5,8,15,17-18,27,29H,6-7,9-12H2,1-3H3,(H,24,30)(H,25,26,28)/t15-,17-,18-,22+,23+/m1/s1. The summed E-state index contributed by atoms with van der Waals surface area (Å²) in [6.45, 7) is 5.72. The predicted molar refractivity (Wildman–Crippen MR) is 120 cm³/mol. The Kier molecular flexibility index (Phi) is 6.17. The Morgan fingerprint density at radius 3 is 2.81 bits per heavy atom. The van der Waals surface area contributed by atoms with Crippen molar-refractivity contribution < 1.29 is 24.2 Å². The van der Waals surface area contributed by atoms with E-state index in [9.17, 15) is 19.8 Å². The van der Waals surface area contributed by atoms with Crippen molar-refractivity contribution in [3.63, 3.8) is 0 Å². The maximum Gasteiger partial charge on any atom is 0.223 e. The third kappa shape index (κ3) is 3.97. The maximum atomic E-state index is 13.0. The molecule has 9 heteroatoms. The second-order valence-corrected chi connectivity index (χ2v) is 10.7. The molecule has 0 aromatic carbocycles. The minimum Gasteiger partial charge on any atom is -0.467 e. The molecular weight excluding hydrogens is 430 g/mol. The predicted octanol–water partition coefficient (Wildman–Crippen LogP) is 2.82. The van der Waals surface area contributed by atoms with Crippen molar-refractivity contribution in [3.8, 4) is 0 Å². The van der Waals surface area contributed by atoms with Gasteiger partial charge in [-0.3, -0.25) is 9.59 Å². The normalized spacial score (nSPS) is 31.5. The molecule has 174 valence electrons. The van der Waals surface area contributed by atoms with Crippen LogP contribution >= 0.6 is 11.3 Å². The molecule has 0 aliphatic heterocycles. The number of fused-ring (bicyclic) bond motifs is 2. The number of hydrogen-bond acceptors (Lipinski definition) is 7. The average molecular weight is 462 g/mol. The number of hydrogen-bond donors (Lipinski definition) is 4. The van der Waals surface area contributed by atoms with Gasteiger partial charge in [0.05, 0.1) is 31.2 Å². The van der Waals surface area contributed by atoms with Crippen molar-refractivity contribution in [1.82, 2.24) is 10.3 Å². The Morgan fingerprint density at radius 2 is 2.16 bits per heavy atom. The monoisotopic (exact) mass is 461 g/mol. The number of amides is 2. The number of thiazole rings is 1. The Morgan fingerprint density at radius 1 is 1.38 bits per heavy atom. The molecule has 0 radical (unpaired) electrons. The van der Waals surface area contributed by atoms with Crippen molar-refractivity contribution in [2.45, 2.75) is 65.0 Å². The summed E-state index contributed by atoms with van der Waals surface area (Å²) in [6.07, 6.45) is 3.15. The number of anilines is 1. The van der Waals surface area contributed by atoms with E-state index in [-0.39, 0.29) is 42.1 Å². The molecule has 1 fully saturated rings. The number of furan rings is 1. The summed E-state index contributed by atoms with van der Waals surface area (Å²) in [5.74, 6) is 0.171. The molecule has 0 saturated heterocycles. The topological polar surface area (TPSA) is 125 Å². The van der Waals surface area contributed by atoms with Gasteiger partial charge in [-0.2, -0.15) is 0 Å². The van der Waals surface area contributed by atoms with Crippen LogP contribution in [0.5, 0.6) is 0 Å². The second-order valence-electron chi connectivity index (χ2n) is 9.60. The first kappa shape index (κ1) is 22.9. The summed E-state index contributed by atoms with van der Waals surface area (Å²) in [5, 5.41) is 27.3. The lowest BCUT2D eigenvalue weighted by Crippen LogP contribution is -2.57. The maximum absolute atomic E-state index is 13.0. The fourth-order valence-electron chi connectivity index (χ4n) is 5.71. The van der Waals surface area contributed by atoms with Crippen LogP contribution in [0.2, 0.25) is 0 Å². The van der Waals surface area contributed by atoms with Crippen LogP contribution in [0.1, 0.15) is 62.3 Å². The molecule has 0 bridgehead atoms. The van der Waals surface area contributed by atoms with E-state index < -0.39 is 11.5 Å². The zero-order valence-corrected chi connectivity index (χ0v) is 19.5. The van der Waals surface area contributed by atoms with Crippen LogP contribution in [0.3, 0.4) is 0 Å². The second kappa shape index (κ2) is 8.61. The first-order valence-corrected chi connectivity index (χ1v) is 11.8. The van der Waals surface area contributed by atoms with Gasteiger partial charge in [0.25, 0.3) is 0 Å². The quantitative estimate of drug-likeness (QED) is 0.524. The van der Waals surface area contributed by atoms with Gasteiger partial charge in [-0.15, -0.1) is 11.3 Å². The number of carbonyl (C=O) groups excluding carboxylic acids is 2. The van der Waals surface area contributed by atoms with Crippen molar-refractivity contribution >= 4 is 28.3 Å². The molecule has 2 aliphatic rings. The Bertz CT molecular complexity index is 990. The van der Waals surface area contributed by atoms with Gasteiger partial charge in [0.15, 0.2) is 5.13 Å². The summed E-state index contributed by atoms with van der Waals surface area (Å²) in [5.41, 5.74) is -0.152. The van der Waals surface area contributed by atoms with E-state index in [1.165, 1.54) is 18.3 Å². The van der Waals surface area contributed by atoms with Crippen molar-refractivity contribution in [3.05, 3.63) is 34.7 Å². The van der Waals surface area contributed by atoms with Crippen molar-refractivity contribution in [1.29, 1.82) is 0 Å². The molecule has 2 aliphatic carbocycles. The molecule has 0 unspecified atom stereocenters.